The normalized spacial score (nSPS) is 10.0. The van der Waals surface area contributed by atoms with Crippen LogP contribution >= 0.6 is 0 Å². The highest BCUT2D eigenvalue weighted by molar-refractivity contribution is 5.75. The highest BCUT2D eigenvalue weighted by Gasteiger charge is 2.02. The van der Waals surface area contributed by atoms with Crippen molar-refractivity contribution in [2.75, 3.05) is 7.11 Å². The number of carbonyl (C=O) groups excluding carboxylic acids is 1. The van der Waals surface area contributed by atoms with Crippen molar-refractivity contribution >= 4 is 5.78 Å². The van der Waals surface area contributed by atoms with E-state index < -0.39 is 0 Å². The second-order valence-corrected chi connectivity index (χ2v) is 3.56. The van der Waals surface area contributed by atoms with E-state index in [1.807, 2.05) is 6.07 Å². The van der Waals surface area contributed by atoms with Crippen molar-refractivity contribution in [1.29, 1.82) is 0 Å². The van der Waals surface area contributed by atoms with E-state index in [0.29, 0.717) is 12.2 Å². The van der Waals surface area contributed by atoms with Gasteiger partial charge in [-0.3, -0.25) is 0 Å². The first-order chi connectivity index (χ1) is 7.13. The Balaban J connectivity index is 2.58. The molecule has 1 aromatic rings. The molecule has 0 spiro atoms. The maximum Gasteiger partial charge on any atom is 0.160 e. The number of rotatable bonds is 5. The summed E-state index contributed by atoms with van der Waals surface area (Å²) < 4.78 is 5.00. The van der Waals surface area contributed by atoms with Gasteiger partial charge in [0.25, 0.3) is 0 Å². The molecule has 0 amide bonds. The van der Waals surface area contributed by atoms with Crippen LogP contribution in [0.2, 0.25) is 0 Å². The molecule has 0 aliphatic carbocycles. The summed E-state index contributed by atoms with van der Waals surface area (Å²) >= 11 is 0. The lowest BCUT2D eigenvalue weighted by Gasteiger charge is -2.06. The first-order valence-corrected chi connectivity index (χ1v) is 4.99. The third-order valence-electron chi connectivity index (χ3n) is 2.24. The smallest absolute Gasteiger partial charge is 0.160 e. The lowest BCUT2D eigenvalue weighted by molar-refractivity contribution is -0.117. The molecule has 0 saturated heterocycles. The number of hydrogen-bond acceptors (Lipinski definition) is 3. The SMILES string of the molecule is COc1cc(CCCC(C)=O)ccc1O. The molecule has 0 bridgehead atoms. The summed E-state index contributed by atoms with van der Waals surface area (Å²) in [5, 5.41) is 9.37. The molecule has 1 N–H and O–H groups in total. The molecule has 0 fully saturated rings. The standard InChI is InChI=1S/C12H16O3/c1-9(13)4-3-5-10-6-7-11(14)12(8-10)15-2/h6-8,14H,3-5H2,1-2H3. The first kappa shape index (κ1) is 11.6. The Kier molecular flexibility index (Phi) is 4.16. The minimum atomic E-state index is 0.146. The number of carbonyl (C=O) groups is 1. The van der Waals surface area contributed by atoms with Crippen LogP contribution in [0.5, 0.6) is 11.5 Å². The zero-order valence-electron chi connectivity index (χ0n) is 9.12. The molecule has 82 valence electrons. The van der Waals surface area contributed by atoms with Crippen molar-refractivity contribution in [1.82, 2.24) is 0 Å². The Morgan fingerprint density at radius 2 is 2.20 bits per heavy atom. The lowest BCUT2D eigenvalue weighted by atomic mass is 10.1. The van der Waals surface area contributed by atoms with E-state index in [-0.39, 0.29) is 11.5 Å². The van der Waals surface area contributed by atoms with Crippen LogP contribution in [-0.2, 0) is 11.2 Å². The van der Waals surface area contributed by atoms with E-state index in [1.54, 1.807) is 19.1 Å². The van der Waals surface area contributed by atoms with Gasteiger partial charge in [0, 0.05) is 6.42 Å². The molecule has 0 aliphatic rings. The van der Waals surface area contributed by atoms with Crippen molar-refractivity contribution in [2.24, 2.45) is 0 Å². The molecule has 0 aliphatic heterocycles. The van der Waals surface area contributed by atoms with Crippen molar-refractivity contribution in [3.63, 3.8) is 0 Å². The fourth-order valence-corrected chi connectivity index (χ4v) is 1.42. The van der Waals surface area contributed by atoms with Crippen LogP contribution < -0.4 is 4.74 Å². The molecule has 3 heteroatoms. The molecular formula is C12H16O3. The van der Waals surface area contributed by atoms with E-state index in [4.69, 9.17) is 4.74 Å². The largest absolute Gasteiger partial charge is 0.504 e. The van der Waals surface area contributed by atoms with Gasteiger partial charge in [0.2, 0.25) is 0 Å². The van der Waals surface area contributed by atoms with Gasteiger partial charge in [-0.05, 0) is 37.5 Å². The highest BCUT2D eigenvalue weighted by Crippen LogP contribution is 2.26. The number of hydrogen-bond donors (Lipinski definition) is 1. The number of ether oxygens (including phenoxy) is 1. The van der Waals surface area contributed by atoms with Crippen LogP contribution in [0.15, 0.2) is 18.2 Å². The van der Waals surface area contributed by atoms with E-state index >= 15 is 0 Å². The van der Waals surface area contributed by atoms with E-state index in [9.17, 15) is 9.90 Å². The van der Waals surface area contributed by atoms with Gasteiger partial charge in [0.05, 0.1) is 7.11 Å². The van der Waals surface area contributed by atoms with Gasteiger partial charge < -0.3 is 14.6 Å². The molecule has 1 rings (SSSR count). The number of phenols is 1. The summed E-state index contributed by atoms with van der Waals surface area (Å²) in [6.45, 7) is 1.59. The third kappa shape index (κ3) is 3.62. The monoisotopic (exact) mass is 208 g/mol. The quantitative estimate of drug-likeness (QED) is 0.807. The van der Waals surface area contributed by atoms with Gasteiger partial charge in [-0.2, -0.15) is 0 Å². The zero-order valence-corrected chi connectivity index (χ0v) is 9.12. The van der Waals surface area contributed by atoms with Gasteiger partial charge in [-0.15, -0.1) is 0 Å². The summed E-state index contributed by atoms with van der Waals surface area (Å²) in [6.07, 6.45) is 2.27. The number of benzene rings is 1. The zero-order chi connectivity index (χ0) is 11.3. The number of methoxy groups -OCH3 is 1. The van der Waals surface area contributed by atoms with Crippen molar-refractivity contribution < 1.29 is 14.6 Å². The fourth-order valence-electron chi connectivity index (χ4n) is 1.42. The topological polar surface area (TPSA) is 46.5 Å². The Labute approximate surface area is 89.7 Å². The lowest BCUT2D eigenvalue weighted by Crippen LogP contribution is -1.93. The van der Waals surface area contributed by atoms with Crippen LogP contribution in [0.3, 0.4) is 0 Å². The molecule has 0 aromatic heterocycles. The maximum atomic E-state index is 10.7. The van der Waals surface area contributed by atoms with Crippen LogP contribution in [0.1, 0.15) is 25.3 Å². The summed E-state index contributed by atoms with van der Waals surface area (Å²) in [4.78, 5) is 10.7. The average molecular weight is 208 g/mol. The molecule has 3 nitrogen and oxygen atoms in total. The Morgan fingerprint density at radius 1 is 1.47 bits per heavy atom. The Morgan fingerprint density at radius 3 is 2.80 bits per heavy atom. The first-order valence-electron chi connectivity index (χ1n) is 4.99. The summed E-state index contributed by atoms with van der Waals surface area (Å²) in [5.41, 5.74) is 1.07. The second-order valence-electron chi connectivity index (χ2n) is 3.56. The number of aryl methyl sites for hydroxylation is 1. The molecule has 1 aromatic carbocycles. The summed E-state index contributed by atoms with van der Waals surface area (Å²) in [7, 11) is 1.52. The Hall–Kier alpha value is -1.51. The van der Waals surface area contributed by atoms with Gasteiger partial charge >= 0.3 is 0 Å². The van der Waals surface area contributed by atoms with Crippen molar-refractivity contribution in [3.8, 4) is 11.5 Å². The molecular weight excluding hydrogens is 192 g/mol. The minimum absolute atomic E-state index is 0.146. The fraction of sp³-hybridized carbons (Fsp3) is 0.417. The third-order valence-corrected chi connectivity index (χ3v) is 2.24. The van der Waals surface area contributed by atoms with E-state index in [0.717, 1.165) is 18.4 Å². The van der Waals surface area contributed by atoms with Crippen LogP contribution in [0.25, 0.3) is 0 Å². The van der Waals surface area contributed by atoms with E-state index in [1.165, 1.54) is 7.11 Å². The molecule has 0 radical (unpaired) electrons. The van der Waals surface area contributed by atoms with Gasteiger partial charge in [0.15, 0.2) is 11.5 Å². The highest BCUT2D eigenvalue weighted by atomic mass is 16.5. The summed E-state index contributed by atoms with van der Waals surface area (Å²) in [6, 6.07) is 5.26. The minimum Gasteiger partial charge on any atom is -0.504 e. The molecule has 0 saturated carbocycles. The molecule has 15 heavy (non-hydrogen) atoms. The average Bonchev–Trinajstić information content (AvgIpc) is 2.20. The van der Waals surface area contributed by atoms with Crippen LogP contribution in [0, 0.1) is 0 Å². The Bertz CT molecular complexity index is 345. The number of ketones is 1. The van der Waals surface area contributed by atoms with Gasteiger partial charge in [0.1, 0.15) is 5.78 Å². The van der Waals surface area contributed by atoms with Crippen LogP contribution in [-0.4, -0.2) is 18.0 Å². The van der Waals surface area contributed by atoms with Crippen LogP contribution in [0.4, 0.5) is 0 Å². The number of Topliss-reactive ketones (excluding diaryl/α,β-unsaturated/α-hetero) is 1. The molecule has 0 atom stereocenters. The summed E-state index contributed by atoms with van der Waals surface area (Å²) in [5.74, 6) is 0.837. The second kappa shape index (κ2) is 5.39. The predicted molar refractivity (Wildman–Crippen MR) is 58.3 cm³/mol. The number of phenolic OH excluding ortho intramolecular Hbond substituents is 1. The van der Waals surface area contributed by atoms with Gasteiger partial charge in [-0.1, -0.05) is 6.07 Å². The van der Waals surface area contributed by atoms with Crippen molar-refractivity contribution in [3.05, 3.63) is 23.8 Å². The molecule has 0 heterocycles. The van der Waals surface area contributed by atoms with Crippen molar-refractivity contribution in [2.45, 2.75) is 26.2 Å². The van der Waals surface area contributed by atoms with Gasteiger partial charge in [-0.25, -0.2) is 0 Å². The van der Waals surface area contributed by atoms with E-state index in [2.05, 4.69) is 0 Å². The number of aromatic hydroxyl groups is 1. The predicted octanol–water partition coefficient (Wildman–Crippen LogP) is 2.31. The molecule has 0 unspecified atom stereocenters. The maximum absolute atomic E-state index is 10.7.